The van der Waals surface area contributed by atoms with E-state index in [0.29, 0.717) is 31.5 Å². The molecule has 0 aliphatic heterocycles. The van der Waals surface area contributed by atoms with Crippen molar-refractivity contribution in [3.8, 4) is 11.3 Å². The van der Waals surface area contributed by atoms with Crippen molar-refractivity contribution in [1.29, 1.82) is 0 Å². The van der Waals surface area contributed by atoms with Crippen LogP contribution in [0.2, 0.25) is 15.1 Å². The Hall–Kier alpha value is -2.05. The van der Waals surface area contributed by atoms with Gasteiger partial charge in [0.1, 0.15) is 5.76 Å². The van der Waals surface area contributed by atoms with E-state index in [1.54, 1.807) is 48.5 Å². The van der Waals surface area contributed by atoms with Crippen LogP contribution in [0, 0.1) is 0 Å². The van der Waals surface area contributed by atoms with Crippen molar-refractivity contribution in [2.24, 2.45) is 0 Å². The third-order valence-electron chi connectivity index (χ3n) is 3.59. The van der Waals surface area contributed by atoms with Gasteiger partial charge in [-0.25, -0.2) is 4.98 Å². The van der Waals surface area contributed by atoms with Crippen LogP contribution in [0.1, 0.15) is 10.6 Å². The molecule has 8 heteroatoms. The smallest absolute Gasteiger partial charge is 0.293 e. The zero-order chi connectivity index (χ0) is 18.3. The van der Waals surface area contributed by atoms with Crippen molar-refractivity contribution in [3.05, 3.63) is 69.4 Å². The molecular formula is C18H9Cl3N2O2S. The molecule has 0 atom stereocenters. The zero-order valence-electron chi connectivity index (χ0n) is 12.9. The maximum Gasteiger partial charge on any atom is 0.293 e. The normalized spacial score (nSPS) is 11.0. The van der Waals surface area contributed by atoms with Crippen molar-refractivity contribution < 1.29 is 9.21 Å². The van der Waals surface area contributed by atoms with Crippen molar-refractivity contribution >= 4 is 67.4 Å². The Labute approximate surface area is 167 Å². The Balaban J connectivity index is 1.58. The van der Waals surface area contributed by atoms with Gasteiger partial charge in [-0.3, -0.25) is 10.1 Å². The zero-order valence-corrected chi connectivity index (χ0v) is 16.0. The summed E-state index contributed by atoms with van der Waals surface area (Å²) in [4.78, 5) is 16.8. The number of hydrogen-bond donors (Lipinski definition) is 1. The SMILES string of the molecule is O=C(Nc1nc2ccc(Cl)cc2s1)c1ccc(-c2cc(Cl)ccc2Cl)o1. The first-order valence-corrected chi connectivity index (χ1v) is 9.37. The molecule has 26 heavy (non-hydrogen) atoms. The lowest BCUT2D eigenvalue weighted by molar-refractivity contribution is 0.0997. The van der Waals surface area contributed by atoms with Crippen molar-refractivity contribution in [2.45, 2.75) is 0 Å². The molecule has 2 heterocycles. The number of halogens is 3. The Kier molecular flexibility index (Phi) is 4.63. The number of rotatable bonds is 3. The predicted molar refractivity (Wildman–Crippen MR) is 107 cm³/mol. The minimum absolute atomic E-state index is 0.147. The maximum atomic E-state index is 12.4. The number of nitrogens with zero attached hydrogens (tertiary/aromatic N) is 1. The van der Waals surface area contributed by atoms with Gasteiger partial charge in [0.25, 0.3) is 5.91 Å². The first-order valence-electron chi connectivity index (χ1n) is 7.42. The van der Waals surface area contributed by atoms with E-state index in [-0.39, 0.29) is 5.76 Å². The number of aromatic nitrogens is 1. The number of benzene rings is 2. The van der Waals surface area contributed by atoms with Gasteiger partial charge in [0.05, 0.1) is 15.2 Å². The Bertz CT molecular complexity index is 1140. The molecule has 1 amide bonds. The topological polar surface area (TPSA) is 55.1 Å². The molecule has 0 saturated carbocycles. The van der Waals surface area contributed by atoms with Gasteiger partial charge >= 0.3 is 0 Å². The summed E-state index contributed by atoms with van der Waals surface area (Å²) in [5, 5.41) is 4.83. The van der Waals surface area contributed by atoms with Crippen molar-refractivity contribution in [3.63, 3.8) is 0 Å². The molecule has 0 radical (unpaired) electrons. The number of hydrogen-bond acceptors (Lipinski definition) is 4. The van der Waals surface area contributed by atoms with Gasteiger partial charge in [-0.05, 0) is 48.5 Å². The average molecular weight is 424 g/mol. The van der Waals surface area contributed by atoms with Gasteiger partial charge in [0, 0.05) is 15.6 Å². The molecule has 0 saturated heterocycles. The van der Waals surface area contributed by atoms with E-state index in [1.807, 2.05) is 0 Å². The third kappa shape index (κ3) is 3.44. The average Bonchev–Trinajstić information content (AvgIpc) is 3.23. The highest BCUT2D eigenvalue weighted by molar-refractivity contribution is 7.22. The minimum atomic E-state index is -0.403. The summed E-state index contributed by atoms with van der Waals surface area (Å²) in [7, 11) is 0. The van der Waals surface area contributed by atoms with Crippen LogP contribution in [0.4, 0.5) is 5.13 Å². The van der Waals surface area contributed by atoms with Crippen molar-refractivity contribution in [1.82, 2.24) is 4.98 Å². The monoisotopic (exact) mass is 422 g/mol. The second-order valence-electron chi connectivity index (χ2n) is 5.37. The second kappa shape index (κ2) is 6.93. The molecule has 0 spiro atoms. The molecule has 130 valence electrons. The lowest BCUT2D eigenvalue weighted by atomic mass is 10.2. The summed E-state index contributed by atoms with van der Waals surface area (Å²) in [5.41, 5.74) is 1.38. The molecule has 4 nitrogen and oxygen atoms in total. The third-order valence-corrected chi connectivity index (χ3v) is 5.33. The Morgan fingerprint density at radius 2 is 1.77 bits per heavy atom. The number of fused-ring (bicyclic) bond motifs is 1. The molecule has 0 bridgehead atoms. The van der Waals surface area contributed by atoms with Gasteiger partial charge in [-0.15, -0.1) is 0 Å². The van der Waals surface area contributed by atoms with Crippen LogP contribution in [0.25, 0.3) is 21.5 Å². The van der Waals surface area contributed by atoms with Crippen LogP contribution in [-0.2, 0) is 0 Å². The number of thiazole rings is 1. The molecule has 2 aromatic heterocycles. The summed E-state index contributed by atoms with van der Waals surface area (Å²) in [6, 6.07) is 13.6. The van der Waals surface area contributed by atoms with Crippen molar-refractivity contribution in [2.75, 3.05) is 5.32 Å². The van der Waals surface area contributed by atoms with E-state index < -0.39 is 5.91 Å². The molecule has 1 N–H and O–H groups in total. The van der Waals surface area contributed by atoms with E-state index in [2.05, 4.69) is 10.3 Å². The van der Waals surface area contributed by atoms with Crippen LogP contribution >= 0.6 is 46.1 Å². The first-order chi connectivity index (χ1) is 12.5. The maximum absolute atomic E-state index is 12.4. The fraction of sp³-hybridized carbons (Fsp3) is 0. The summed E-state index contributed by atoms with van der Waals surface area (Å²) in [5.74, 6) is 0.201. The number of anilines is 1. The van der Waals surface area contributed by atoms with Gasteiger partial charge in [-0.1, -0.05) is 46.1 Å². The van der Waals surface area contributed by atoms with Crippen LogP contribution in [0.3, 0.4) is 0 Å². The van der Waals surface area contributed by atoms with E-state index >= 15 is 0 Å². The van der Waals surface area contributed by atoms with Gasteiger partial charge < -0.3 is 4.42 Å². The van der Waals surface area contributed by atoms with Gasteiger partial charge in [0.15, 0.2) is 10.9 Å². The van der Waals surface area contributed by atoms with Gasteiger partial charge in [-0.2, -0.15) is 0 Å². The van der Waals surface area contributed by atoms with Crippen LogP contribution in [0.15, 0.2) is 52.9 Å². The highest BCUT2D eigenvalue weighted by Crippen LogP contribution is 2.32. The highest BCUT2D eigenvalue weighted by Gasteiger charge is 2.16. The van der Waals surface area contributed by atoms with Crippen LogP contribution < -0.4 is 5.32 Å². The Morgan fingerprint density at radius 1 is 1.00 bits per heavy atom. The number of nitrogens with one attached hydrogen (secondary N) is 1. The van der Waals surface area contributed by atoms with E-state index in [0.717, 1.165) is 10.2 Å². The highest BCUT2D eigenvalue weighted by atomic mass is 35.5. The number of amides is 1. The fourth-order valence-electron chi connectivity index (χ4n) is 2.40. The molecule has 0 fully saturated rings. The van der Waals surface area contributed by atoms with Crippen LogP contribution in [-0.4, -0.2) is 10.9 Å². The minimum Gasteiger partial charge on any atom is -0.451 e. The Morgan fingerprint density at radius 3 is 2.62 bits per heavy atom. The summed E-state index contributed by atoms with van der Waals surface area (Å²) in [6.45, 7) is 0. The lowest BCUT2D eigenvalue weighted by Gasteiger charge is -2.02. The molecule has 2 aromatic carbocycles. The van der Waals surface area contributed by atoms with E-state index in [4.69, 9.17) is 39.2 Å². The number of carbonyl (C=O) groups is 1. The lowest BCUT2D eigenvalue weighted by Crippen LogP contribution is -2.10. The summed E-state index contributed by atoms with van der Waals surface area (Å²) < 4.78 is 6.52. The molecule has 0 aliphatic carbocycles. The molecule has 4 aromatic rings. The largest absolute Gasteiger partial charge is 0.451 e. The predicted octanol–water partition coefficient (Wildman–Crippen LogP) is 6.77. The number of furan rings is 1. The van der Waals surface area contributed by atoms with Crippen LogP contribution in [0.5, 0.6) is 0 Å². The standard InChI is InChI=1S/C18H9Cl3N2O2S/c19-9-1-3-12(21)11(7-9)14-5-6-15(25-14)17(24)23-18-22-13-4-2-10(20)8-16(13)26-18/h1-8H,(H,22,23,24). The summed E-state index contributed by atoms with van der Waals surface area (Å²) >= 11 is 19.5. The molecule has 0 unspecified atom stereocenters. The van der Waals surface area contributed by atoms with E-state index in [9.17, 15) is 4.79 Å². The molecular weight excluding hydrogens is 415 g/mol. The first kappa shape index (κ1) is 17.4. The number of carbonyl (C=O) groups excluding carboxylic acids is 1. The fourth-order valence-corrected chi connectivity index (χ4v) is 3.92. The quantitative estimate of drug-likeness (QED) is 0.395. The van der Waals surface area contributed by atoms with Gasteiger partial charge in [0.2, 0.25) is 0 Å². The molecule has 4 rings (SSSR count). The summed E-state index contributed by atoms with van der Waals surface area (Å²) in [6.07, 6.45) is 0. The molecule has 0 aliphatic rings. The second-order valence-corrected chi connectivity index (χ2v) is 7.68. The van der Waals surface area contributed by atoms with E-state index in [1.165, 1.54) is 11.3 Å².